The molecule has 9 heteroatoms. The number of fused-ring (bicyclic) bond motifs is 3. The molecular weight excluding hydrogens is 439 g/mol. The van der Waals surface area contributed by atoms with Gasteiger partial charge in [0.2, 0.25) is 11.1 Å². The summed E-state index contributed by atoms with van der Waals surface area (Å²) in [7, 11) is 0. The van der Waals surface area contributed by atoms with E-state index in [-0.39, 0.29) is 34.2 Å². The number of H-pyrrole nitrogens is 1. The Balaban J connectivity index is 2.08. The van der Waals surface area contributed by atoms with Crippen LogP contribution in [0.3, 0.4) is 0 Å². The lowest BCUT2D eigenvalue weighted by Crippen LogP contribution is -2.61. The Morgan fingerprint density at radius 1 is 1.26 bits per heavy atom. The summed E-state index contributed by atoms with van der Waals surface area (Å²) in [5.41, 5.74) is 1.05. The molecule has 0 aliphatic carbocycles. The zero-order valence-corrected chi connectivity index (χ0v) is 18.6. The van der Waals surface area contributed by atoms with Crippen molar-refractivity contribution >= 4 is 35.0 Å². The molecule has 1 aliphatic heterocycles. The van der Waals surface area contributed by atoms with Crippen LogP contribution < -0.4 is 15.1 Å². The molecule has 0 fully saturated rings. The van der Waals surface area contributed by atoms with Crippen LogP contribution in [0.4, 0.5) is 10.1 Å². The highest BCUT2D eigenvalue weighted by molar-refractivity contribution is 7.99. The van der Waals surface area contributed by atoms with Crippen LogP contribution in [0.2, 0.25) is 5.02 Å². The van der Waals surface area contributed by atoms with E-state index in [2.05, 4.69) is 10.1 Å². The molecule has 31 heavy (non-hydrogen) atoms. The van der Waals surface area contributed by atoms with Gasteiger partial charge < -0.3 is 0 Å². The van der Waals surface area contributed by atoms with Crippen molar-refractivity contribution in [3.63, 3.8) is 0 Å². The first-order valence-electron chi connectivity index (χ1n) is 10.0. The Bertz CT molecular complexity index is 1200. The Morgan fingerprint density at radius 3 is 2.74 bits per heavy atom. The molecule has 1 aliphatic rings. The fourth-order valence-electron chi connectivity index (χ4n) is 3.69. The fraction of sp³-hybridized carbons (Fsp3) is 0.273. The largest absolute Gasteiger partial charge is 0.325 e. The molecule has 160 valence electrons. The summed E-state index contributed by atoms with van der Waals surface area (Å²) in [4.78, 5) is 30.6. The number of nitrogens with zero attached hydrogens (tertiary/aromatic N) is 3. The number of halogens is 2. The monoisotopic (exact) mass is 459 g/mol. The Kier molecular flexibility index (Phi) is 6.11. The fourth-order valence-corrected chi connectivity index (χ4v) is 4.66. The third-order valence-corrected chi connectivity index (χ3v) is 6.43. The normalized spacial score (nSPS) is 14.8. The van der Waals surface area contributed by atoms with E-state index < -0.39 is 12.0 Å². The highest BCUT2D eigenvalue weighted by Crippen LogP contribution is 2.40. The van der Waals surface area contributed by atoms with Crippen LogP contribution in [0.25, 0.3) is 11.3 Å². The van der Waals surface area contributed by atoms with Gasteiger partial charge in [-0.3, -0.25) is 14.6 Å². The van der Waals surface area contributed by atoms with Crippen molar-refractivity contribution in [1.29, 1.82) is 0 Å². The lowest BCUT2D eigenvalue weighted by molar-refractivity contribution is -0.763. The van der Waals surface area contributed by atoms with E-state index in [0.717, 1.165) is 12.2 Å². The molecule has 4 rings (SSSR count). The van der Waals surface area contributed by atoms with Crippen molar-refractivity contribution in [2.45, 2.75) is 38.0 Å². The summed E-state index contributed by atoms with van der Waals surface area (Å²) in [6.07, 6.45) is 0.0457. The van der Waals surface area contributed by atoms with E-state index in [1.807, 2.05) is 6.92 Å². The molecule has 2 aromatic carbocycles. The topological polar surface area (TPSA) is 69.9 Å². The third kappa shape index (κ3) is 3.74. The summed E-state index contributed by atoms with van der Waals surface area (Å²) >= 11 is 7.81. The van der Waals surface area contributed by atoms with Crippen molar-refractivity contribution in [3.8, 4) is 11.3 Å². The van der Waals surface area contributed by atoms with Gasteiger partial charge in [0.05, 0.1) is 21.8 Å². The number of hydrogen-bond donors (Lipinski definition) is 1. The molecule has 0 radical (unpaired) electrons. The second-order valence-corrected chi connectivity index (χ2v) is 8.54. The summed E-state index contributed by atoms with van der Waals surface area (Å²) in [5.74, 6) is -0.0597. The standard InChI is InChI=1S/C22H20ClFN4O2S/c1-3-12-31-22-25-20(30)19-13-8-5-6-11-16(13)27(17(29)4-2)21(28(19)26-22)18-14(23)9-7-10-15(18)24/h5-11,21H,3-4,12H2,1-2H3/p+1/t21-/m1/s1. The minimum absolute atomic E-state index is 0.0938. The molecule has 1 aromatic heterocycles. The number of para-hydroxylation sites is 1. The van der Waals surface area contributed by atoms with Gasteiger partial charge in [-0.15, -0.1) is 0 Å². The predicted molar refractivity (Wildman–Crippen MR) is 119 cm³/mol. The molecule has 2 heterocycles. The number of aromatic amines is 1. The first kappa shape index (κ1) is 21.5. The summed E-state index contributed by atoms with van der Waals surface area (Å²) in [5, 5.41) is 5.18. The minimum Gasteiger partial charge on any atom is -0.291 e. The lowest BCUT2D eigenvalue weighted by Gasteiger charge is -2.32. The Labute approximate surface area is 188 Å². The van der Waals surface area contributed by atoms with Gasteiger partial charge in [0, 0.05) is 17.3 Å². The van der Waals surface area contributed by atoms with Gasteiger partial charge in [0.15, 0.2) is 0 Å². The van der Waals surface area contributed by atoms with E-state index in [1.165, 1.54) is 33.5 Å². The molecule has 0 saturated heterocycles. The number of hydrogen-bond acceptors (Lipinski definition) is 4. The first-order chi connectivity index (χ1) is 15.0. The summed E-state index contributed by atoms with van der Waals surface area (Å²) < 4.78 is 16.5. The maximum atomic E-state index is 15.1. The molecule has 0 unspecified atom stereocenters. The van der Waals surface area contributed by atoms with Crippen molar-refractivity contribution in [3.05, 3.63) is 69.2 Å². The van der Waals surface area contributed by atoms with E-state index in [0.29, 0.717) is 16.4 Å². The number of benzene rings is 2. The first-order valence-corrected chi connectivity index (χ1v) is 11.4. The van der Waals surface area contributed by atoms with Crippen LogP contribution in [-0.4, -0.2) is 21.7 Å². The second kappa shape index (κ2) is 8.80. The Morgan fingerprint density at radius 2 is 2.03 bits per heavy atom. The zero-order chi connectivity index (χ0) is 22.1. The van der Waals surface area contributed by atoms with Gasteiger partial charge in [-0.1, -0.05) is 55.4 Å². The third-order valence-electron chi connectivity index (χ3n) is 5.03. The Hall–Kier alpha value is -2.71. The number of rotatable bonds is 5. The molecule has 0 spiro atoms. The van der Waals surface area contributed by atoms with Crippen molar-refractivity contribution in [1.82, 2.24) is 10.1 Å². The average molecular weight is 460 g/mol. The van der Waals surface area contributed by atoms with Gasteiger partial charge >= 0.3 is 11.3 Å². The number of carbonyl (C=O) groups is 1. The van der Waals surface area contributed by atoms with Crippen LogP contribution >= 0.6 is 23.4 Å². The van der Waals surface area contributed by atoms with Gasteiger partial charge in [0.25, 0.3) is 6.17 Å². The highest BCUT2D eigenvalue weighted by Gasteiger charge is 2.47. The SMILES string of the molecule is CCCSc1n[n+]2c(c(=O)[nH]1)-c1ccccc1N(C(=O)CC)[C@H]2c1c(F)cccc1Cl. The quantitative estimate of drug-likeness (QED) is 0.455. The number of carbonyl (C=O) groups excluding carboxylic acids is 1. The van der Waals surface area contributed by atoms with Gasteiger partial charge in [-0.05, 0) is 35.4 Å². The number of amides is 1. The van der Waals surface area contributed by atoms with E-state index >= 15 is 4.39 Å². The number of nitrogens with one attached hydrogen (secondary N) is 1. The number of thioether (sulfide) groups is 1. The van der Waals surface area contributed by atoms with Crippen LogP contribution in [0.15, 0.2) is 52.4 Å². The maximum absolute atomic E-state index is 15.1. The minimum atomic E-state index is -1.03. The van der Waals surface area contributed by atoms with Gasteiger partial charge in [-0.2, -0.15) is 0 Å². The summed E-state index contributed by atoms with van der Waals surface area (Å²) in [6, 6.07) is 11.4. The van der Waals surface area contributed by atoms with E-state index in [1.54, 1.807) is 37.3 Å². The van der Waals surface area contributed by atoms with Crippen molar-refractivity contribution in [2.24, 2.45) is 0 Å². The van der Waals surface area contributed by atoms with Crippen LogP contribution in [0.1, 0.15) is 38.4 Å². The molecule has 6 nitrogen and oxygen atoms in total. The van der Waals surface area contributed by atoms with Crippen LogP contribution in [-0.2, 0) is 4.79 Å². The molecular formula is C22H21ClFN4O2S+. The smallest absolute Gasteiger partial charge is 0.291 e. The number of aromatic nitrogens is 3. The van der Waals surface area contributed by atoms with E-state index in [9.17, 15) is 9.59 Å². The molecule has 1 N–H and O–H groups in total. The molecule has 3 aromatic rings. The van der Waals surface area contributed by atoms with Crippen molar-refractivity contribution in [2.75, 3.05) is 10.7 Å². The predicted octanol–water partition coefficient (Wildman–Crippen LogP) is 4.32. The van der Waals surface area contributed by atoms with Crippen LogP contribution in [0.5, 0.6) is 0 Å². The average Bonchev–Trinajstić information content (AvgIpc) is 2.76. The number of anilines is 1. The van der Waals surface area contributed by atoms with Gasteiger partial charge in [0.1, 0.15) is 5.82 Å². The zero-order valence-electron chi connectivity index (χ0n) is 17.1. The summed E-state index contributed by atoms with van der Waals surface area (Å²) in [6.45, 7) is 3.76. The molecule has 1 amide bonds. The van der Waals surface area contributed by atoms with Crippen molar-refractivity contribution < 1.29 is 13.9 Å². The molecule has 1 atom stereocenters. The highest BCUT2D eigenvalue weighted by atomic mass is 35.5. The molecule has 0 bridgehead atoms. The van der Waals surface area contributed by atoms with Crippen LogP contribution in [0, 0.1) is 5.82 Å². The lowest BCUT2D eigenvalue weighted by atomic mass is 10.0. The van der Waals surface area contributed by atoms with E-state index in [4.69, 9.17) is 11.6 Å². The maximum Gasteiger partial charge on any atom is 0.325 e. The van der Waals surface area contributed by atoms with Gasteiger partial charge in [-0.25, -0.2) is 9.29 Å². The second-order valence-electron chi connectivity index (χ2n) is 7.04. The molecule has 0 saturated carbocycles.